The molecule has 4 heteroatoms. The third-order valence-electron chi connectivity index (χ3n) is 3.29. The maximum atomic E-state index is 5.65. The van der Waals surface area contributed by atoms with Gasteiger partial charge >= 0.3 is 0 Å². The van der Waals surface area contributed by atoms with Crippen molar-refractivity contribution in [2.75, 3.05) is 0 Å². The van der Waals surface area contributed by atoms with Crippen LogP contribution in [0.2, 0.25) is 0 Å². The van der Waals surface area contributed by atoms with Gasteiger partial charge in [0.15, 0.2) is 0 Å². The van der Waals surface area contributed by atoms with Crippen LogP contribution in [0.5, 0.6) is 0 Å². The Morgan fingerprint density at radius 2 is 2.16 bits per heavy atom. The number of unbranched alkanes of at least 4 members (excludes halogenated alkanes) is 2. The van der Waals surface area contributed by atoms with Gasteiger partial charge in [-0.2, -0.15) is 0 Å². The topological polar surface area (TPSA) is 24.9 Å². The Hall–Kier alpha value is -0.500. The van der Waals surface area contributed by atoms with Crippen molar-refractivity contribution in [2.45, 2.75) is 64.8 Å². The first-order valence-electron chi connectivity index (χ1n) is 7.02. The second-order valence-corrected chi connectivity index (χ2v) is 6.17. The summed E-state index contributed by atoms with van der Waals surface area (Å²) in [4.78, 5) is 6.16. The monoisotopic (exact) mass is 296 g/mol. The molecule has 0 spiro atoms. The summed E-state index contributed by atoms with van der Waals surface area (Å²) in [5, 5.41) is 1.06. The summed E-state index contributed by atoms with van der Waals surface area (Å²) in [6, 6.07) is 0.132. The van der Waals surface area contributed by atoms with E-state index in [2.05, 4.69) is 37.3 Å². The number of nitrogens with one attached hydrogen (secondary N) is 1. The standard InChI is InChI=1S/C15H24N2S2/c1-5-8-9-10-14-13(7-3)16-15(19-14)12(6-2)11(4)17-18/h2,11-12,17-18H,5,7-10H2,1,3-4H3/t11?,12-/m1/s1. The minimum absolute atomic E-state index is 0.00715. The molecule has 1 N–H and O–H groups in total. The molecule has 0 saturated carbocycles. The highest BCUT2D eigenvalue weighted by atomic mass is 32.1. The summed E-state index contributed by atoms with van der Waals surface area (Å²) in [6.07, 6.45) is 11.5. The number of rotatable bonds is 8. The molecule has 2 atom stereocenters. The minimum Gasteiger partial charge on any atom is -0.262 e. The molecule has 2 nitrogen and oxygen atoms in total. The molecule has 0 radical (unpaired) electrons. The first-order valence-corrected chi connectivity index (χ1v) is 8.28. The van der Waals surface area contributed by atoms with Crippen molar-refractivity contribution in [1.82, 2.24) is 9.71 Å². The molecule has 19 heavy (non-hydrogen) atoms. The highest BCUT2D eigenvalue weighted by molar-refractivity contribution is 7.78. The predicted octanol–water partition coefficient (Wildman–Crippen LogP) is 3.98. The smallest absolute Gasteiger partial charge is 0.110 e. The van der Waals surface area contributed by atoms with Gasteiger partial charge < -0.3 is 0 Å². The molecule has 106 valence electrons. The zero-order valence-corrected chi connectivity index (χ0v) is 13.8. The van der Waals surface area contributed by atoms with Crippen LogP contribution in [0.1, 0.15) is 61.5 Å². The van der Waals surface area contributed by atoms with Gasteiger partial charge in [0, 0.05) is 10.9 Å². The molecule has 1 rings (SSSR count). The third-order valence-corrected chi connectivity index (χ3v) is 4.93. The van der Waals surface area contributed by atoms with Crippen molar-refractivity contribution in [3.8, 4) is 12.3 Å². The van der Waals surface area contributed by atoms with Crippen LogP contribution in [0, 0.1) is 12.3 Å². The molecule has 1 aromatic rings. The Kier molecular flexibility index (Phi) is 7.52. The lowest BCUT2D eigenvalue weighted by Crippen LogP contribution is -2.24. The predicted molar refractivity (Wildman–Crippen MR) is 87.9 cm³/mol. The molecular formula is C15H24N2S2. The van der Waals surface area contributed by atoms with Crippen molar-refractivity contribution in [2.24, 2.45) is 0 Å². The Bertz CT molecular complexity index is 420. The van der Waals surface area contributed by atoms with E-state index in [1.165, 1.54) is 29.8 Å². The van der Waals surface area contributed by atoms with Gasteiger partial charge in [0.05, 0.1) is 11.6 Å². The van der Waals surface area contributed by atoms with Crippen molar-refractivity contribution in [1.29, 1.82) is 0 Å². The summed E-state index contributed by atoms with van der Waals surface area (Å²) in [5.74, 6) is 2.84. The lowest BCUT2D eigenvalue weighted by molar-refractivity contribution is 0.635. The largest absolute Gasteiger partial charge is 0.262 e. The summed E-state index contributed by atoms with van der Waals surface area (Å²) >= 11 is 5.90. The molecule has 0 aliphatic carbocycles. The highest BCUT2D eigenvalue weighted by Gasteiger charge is 2.21. The van der Waals surface area contributed by atoms with E-state index in [0.29, 0.717) is 0 Å². The van der Waals surface area contributed by atoms with Gasteiger partial charge in [0.2, 0.25) is 0 Å². The van der Waals surface area contributed by atoms with Crippen LogP contribution in [0.25, 0.3) is 0 Å². The lowest BCUT2D eigenvalue weighted by Gasteiger charge is -2.14. The van der Waals surface area contributed by atoms with Gasteiger partial charge in [-0.05, 0) is 26.2 Å². The fraction of sp³-hybridized carbons (Fsp3) is 0.667. The van der Waals surface area contributed by atoms with Gasteiger partial charge in [-0.15, -0.1) is 17.8 Å². The summed E-state index contributed by atoms with van der Waals surface area (Å²) in [5.41, 5.74) is 1.22. The normalized spacial score (nSPS) is 14.1. The van der Waals surface area contributed by atoms with Gasteiger partial charge in [-0.1, -0.05) is 45.4 Å². The third kappa shape index (κ3) is 4.52. The molecule has 0 aromatic carbocycles. The van der Waals surface area contributed by atoms with Crippen LogP contribution in [-0.4, -0.2) is 11.0 Å². The quantitative estimate of drug-likeness (QED) is 0.431. The Morgan fingerprint density at radius 1 is 1.42 bits per heavy atom. The molecule has 0 fully saturated rings. The second-order valence-electron chi connectivity index (χ2n) is 4.79. The molecule has 1 aromatic heterocycles. The van der Waals surface area contributed by atoms with Crippen molar-refractivity contribution < 1.29 is 0 Å². The van der Waals surface area contributed by atoms with E-state index in [1.807, 2.05) is 6.92 Å². The van der Waals surface area contributed by atoms with Crippen LogP contribution < -0.4 is 4.72 Å². The van der Waals surface area contributed by atoms with Crippen molar-refractivity contribution in [3.05, 3.63) is 15.6 Å². The number of aryl methyl sites for hydroxylation is 2. The van der Waals surface area contributed by atoms with E-state index in [0.717, 1.165) is 17.8 Å². The van der Waals surface area contributed by atoms with Crippen LogP contribution in [-0.2, 0) is 12.8 Å². The number of nitrogens with zero attached hydrogens (tertiary/aromatic N) is 1. The van der Waals surface area contributed by atoms with Gasteiger partial charge in [-0.3, -0.25) is 4.72 Å². The number of thiazole rings is 1. The van der Waals surface area contributed by atoms with Crippen LogP contribution in [0.4, 0.5) is 0 Å². The molecule has 0 aliphatic heterocycles. The molecule has 0 saturated heterocycles. The second kappa shape index (κ2) is 8.63. The lowest BCUT2D eigenvalue weighted by atomic mass is 10.0. The van der Waals surface area contributed by atoms with Crippen molar-refractivity contribution >= 4 is 24.2 Å². The van der Waals surface area contributed by atoms with E-state index in [1.54, 1.807) is 11.3 Å². The van der Waals surface area contributed by atoms with Crippen LogP contribution >= 0.6 is 24.2 Å². The van der Waals surface area contributed by atoms with Crippen molar-refractivity contribution in [3.63, 3.8) is 0 Å². The average Bonchev–Trinajstić information content (AvgIpc) is 2.82. The summed E-state index contributed by atoms with van der Waals surface area (Å²) in [7, 11) is 0. The van der Waals surface area contributed by atoms with Gasteiger partial charge in [0.1, 0.15) is 5.01 Å². The minimum atomic E-state index is 0.00715. The maximum Gasteiger partial charge on any atom is 0.110 e. The number of hydrogen-bond acceptors (Lipinski definition) is 4. The molecule has 1 heterocycles. The molecule has 0 bridgehead atoms. The fourth-order valence-corrected chi connectivity index (χ4v) is 3.56. The molecular weight excluding hydrogens is 272 g/mol. The number of thiol groups is 1. The fourth-order valence-electron chi connectivity index (χ4n) is 2.05. The molecule has 0 aliphatic rings. The van der Waals surface area contributed by atoms with E-state index < -0.39 is 0 Å². The number of aromatic nitrogens is 1. The first kappa shape index (κ1) is 16.6. The zero-order chi connectivity index (χ0) is 14.3. The molecule has 1 unspecified atom stereocenters. The molecule has 0 amide bonds. The SMILES string of the molecule is C#C[C@@H](c1nc(CC)c(CCCCC)s1)C(C)NS. The zero-order valence-electron chi connectivity index (χ0n) is 12.1. The van der Waals surface area contributed by atoms with Gasteiger partial charge in [-0.25, -0.2) is 4.98 Å². The Balaban J connectivity index is 2.88. The number of terminal acetylenes is 1. The Morgan fingerprint density at radius 3 is 2.68 bits per heavy atom. The first-order chi connectivity index (χ1) is 9.17. The van der Waals surface area contributed by atoms with Crippen LogP contribution in [0.3, 0.4) is 0 Å². The van der Waals surface area contributed by atoms with E-state index in [4.69, 9.17) is 11.4 Å². The van der Waals surface area contributed by atoms with Crippen LogP contribution in [0.15, 0.2) is 0 Å². The van der Waals surface area contributed by atoms with E-state index in [9.17, 15) is 0 Å². The van der Waals surface area contributed by atoms with E-state index >= 15 is 0 Å². The number of hydrogen-bond donors (Lipinski definition) is 2. The average molecular weight is 297 g/mol. The Labute approximate surface area is 127 Å². The van der Waals surface area contributed by atoms with E-state index in [-0.39, 0.29) is 12.0 Å². The maximum absolute atomic E-state index is 5.65. The highest BCUT2D eigenvalue weighted by Crippen LogP contribution is 2.29. The van der Waals surface area contributed by atoms with Gasteiger partial charge in [0.25, 0.3) is 0 Å². The summed E-state index contributed by atoms with van der Waals surface area (Å²) < 4.78 is 2.93. The summed E-state index contributed by atoms with van der Waals surface area (Å²) in [6.45, 7) is 6.43.